The van der Waals surface area contributed by atoms with Gasteiger partial charge < -0.3 is 19.7 Å². The van der Waals surface area contributed by atoms with Crippen molar-refractivity contribution in [3.05, 3.63) is 59.1 Å². The smallest absolute Gasteiger partial charge is 0.338 e. The standard InChI is InChI=1S/C22H23ClN2O5/c1-25(11-12-29-19-9-7-17(23)8-10-19)20(26)14-30-22(28)16-3-2-4-18(13-16)24-21(27)15-5-6-15/h2-4,7-10,13,15H,5-6,11-12,14H2,1H3,(H,24,27). The number of rotatable bonds is 9. The predicted octanol–water partition coefficient (Wildman–Crippen LogP) is 3.38. The molecule has 0 bridgehead atoms. The van der Waals surface area contributed by atoms with Gasteiger partial charge in [0.05, 0.1) is 12.1 Å². The second-order valence-corrected chi connectivity index (χ2v) is 7.47. The summed E-state index contributed by atoms with van der Waals surface area (Å²) in [4.78, 5) is 37.7. The molecular weight excluding hydrogens is 408 g/mol. The Hall–Kier alpha value is -3.06. The summed E-state index contributed by atoms with van der Waals surface area (Å²) in [7, 11) is 1.61. The third-order valence-electron chi connectivity index (χ3n) is 4.58. The largest absolute Gasteiger partial charge is 0.492 e. The Morgan fingerprint density at radius 3 is 2.57 bits per heavy atom. The average molecular weight is 431 g/mol. The van der Waals surface area contributed by atoms with Crippen molar-refractivity contribution in [3.8, 4) is 5.75 Å². The van der Waals surface area contributed by atoms with Gasteiger partial charge in [0.2, 0.25) is 5.91 Å². The molecule has 1 fully saturated rings. The first kappa shape index (κ1) is 21.6. The Balaban J connectivity index is 1.41. The minimum absolute atomic E-state index is 0.0434. The van der Waals surface area contributed by atoms with Crippen LogP contribution >= 0.6 is 11.6 Å². The van der Waals surface area contributed by atoms with Crippen molar-refractivity contribution in [2.24, 2.45) is 5.92 Å². The van der Waals surface area contributed by atoms with Gasteiger partial charge in [0.25, 0.3) is 5.91 Å². The number of carbonyl (C=O) groups excluding carboxylic acids is 3. The number of ether oxygens (including phenoxy) is 2. The van der Waals surface area contributed by atoms with Crippen molar-refractivity contribution in [1.82, 2.24) is 4.90 Å². The third-order valence-corrected chi connectivity index (χ3v) is 4.83. The Morgan fingerprint density at radius 2 is 1.87 bits per heavy atom. The zero-order valence-corrected chi connectivity index (χ0v) is 17.4. The van der Waals surface area contributed by atoms with E-state index < -0.39 is 5.97 Å². The zero-order chi connectivity index (χ0) is 21.5. The molecule has 30 heavy (non-hydrogen) atoms. The van der Waals surface area contributed by atoms with Crippen LogP contribution in [-0.2, 0) is 14.3 Å². The van der Waals surface area contributed by atoms with Crippen LogP contribution in [-0.4, -0.2) is 49.5 Å². The highest BCUT2D eigenvalue weighted by atomic mass is 35.5. The lowest BCUT2D eigenvalue weighted by atomic mass is 10.2. The summed E-state index contributed by atoms with van der Waals surface area (Å²) < 4.78 is 10.7. The molecule has 3 rings (SSSR count). The van der Waals surface area contributed by atoms with Gasteiger partial charge in [0.15, 0.2) is 6.61 Å². The molecule has 0 aromatic heterocycles. The van der Waals surface area contributed by atoms with Crippen LogP contribution in [0, 0.1) is 5.92 Å². The van der Waals surface area contributed by atoms with Crippen molar-refractivity contribution < 1.29 is 23.9 Å². The number of amides is 2. The van der Waals surface area contributed by atoms with Crippen LogP contribution in [0.4, 0.5) is 5.69 Å². The number of nitrogens with one attached hydrogen (secondary N) is 1. The molecule has 7 nitrogen and oxygen atoms in total. The fourth-order valence-electron chi connectivity index (χ4n) is 2.59. The lowest BCUT2D eigenvalue weighted by Crippen LogP contribution is -2.34. The number of anilines is 1. The van der Waals surface area contributed by atoms with E-state index in [9.17, 15) is 14.4 Å². The van der Waals surface area contributed by atoms with Crippen molar-refractivity contribution in [1.29, 1.82) is 0 Å². The van der Waals surface area contributed by atoms with E-state index in [1.165, 1.54) is 11.0 Å². The molecule has 0 atom stereocenters. The highest BCUT2D eigenvalue weighted by Crippen LogP contribution is 2.30. The highest BCUT2D eigenvalue weighted by molar-refractivity contribution is 6.30. The second kappa shape index (κ2) is 10.1. The summed E-state index contributed by atoms with van der Waals surface area (Å²) in [5.41, 5.74) is 0.800. The maximum Gasteiger partial charge on any atom is 0.338 e. The van der Waals surface area contributed by atoms with Gasteiger partial charge in [0.1, 0.15) is 12.4 Å². The molecule has 0 aliphatic heterocycles. The van der Waals surface area contributed by atoms with Gasteiger partial charge in [-0.1, -0.05) is 17.7 Å². The zero-order valence-electron chi connectivity index (χ0n) is 16.6. The van der Waals surface area contributed by atoms with Crippen LogP contribution in [0.15, 0.2) is 48.5 Å². The van der Waals surface area contributed by atoms with Gasteiger partial charge in [0, 0.05) is 23.7 Å². The molecule has 2 amide bonds. The van der Waals surface area contributed by atoms with Gasteiger partial charge in [-0.3, -0.25) is 9.59 Å². The molecule has 0 unspecified atom stereocenters. The predicted molar refractivity (Wildman–Crippen MR) is 113 cm³/mol. The number of hydrogen-bond donors (Lipinski definition) is 1. The molecule has 158 valence electrons. The topological polar surface area (TPSA) is 84.9 Å². The molecule has 1 aliphatic carbocycles. The molecule has 1 saturated carbocycles. The SMILES string of the molecule is CN(CCOc1ccc(Cl)cc1)C(=O)COC(=O)c1cccc(NC(=O)C2CC2)c1. The Bertz CT molecular complexity index is 912. The summed E-state index contributed by atoms with van der Waals surface area (Å²) >= 11 is 5.82. The number of nitrogens with zero attached hydrogens (tertiary/aromatic N) is 1. The highest BCUT2D eigenvalue weighted by Gasteiger charge is 2.29. The molecule has 0 spiro atoms. The summed E-state index contributed by atoms with van der Waals surface area (Å²) in [5.74, 6) is -0.297. The fourth-order valence-corrected chi connectivity index (χ4v) is 2.72. The molecule has 2 aromatic rings. The first-order valence-corrected chi connectivity index (χ1v) is 10.0. The van der Waals surface area contributed by atoms with Crippen LogP contribution < -0.4 is 10.1 Å². The minimum Gasteiger partial charge on any atom is -0.492 e. The van der Waals surface area contributed by atoms with E-state index in [1.54, 1.807) is 49.5 Å². The average Bonchev–Trinajstić information content (AvgIpc) is 3.59. The molecular formula is C22H23ClN2O5. The van der Waals surface area contributed by atoms with Gasteiger partial charge in [-0.25, -0.2) is 4.79 Å². The van der Waals surface area contributed by atoms with E-state index >= 15 is 0 Å². The first-order chi connectivity index (χ1) is 14.4. The van der Waals surface area contributed by atoms with Gasteiger partial charge in [-0.2, -0.15) is 0 Å². The van der Waals surface area contributed by atoms with E-state index in [4.69, 9.17) is 21.1 Å². The number of halogens is 1. The number of esters is 1. The fraction of sp³-hybridized carbons (Fsp3) is 0.318. The van der Waals surface area contributed by atoms with Crippen molar-refractivity contribution in [3.63, 3.8) is 0 Å². The molecule has 1 aliphatic rings. The normalized spacial score (nSPS) is 12.7. The van der Waals surface area contributed by atoms with Gasteiger partial charge >= 0.3 is 5.97 Å². The molecule has 8 heteroatoms. The van der Waals surface area contributed by atoms with Crippen molar-refractivity contribution >= 4 is 35.1 Å². The first-order valence-electron chi connectivity index (χ1n) is 9.63. The number of carbonyl (C=O) groups is 3. The monoisotopic (exact) mass is 430 g/mol. The summed E-state index contributed by atoms with van der Waals surface area (Å²) in [6.45, 7) is 0.247. The quantitative estimate of drug-likeness (QED) is 0.616. The lowest BCUT2D eigenvalue weighted by Gasteiger charge is -2.17. The number of benzene rings is 2. The van der Waals surface area contributed by atoms with Crippen LogP contribution in [0.2, 0.25) is 5.02 Å². The van der Waals surface area contributed by atoms with E-state index in [1.807, 2.05) is 0 Å². The van der Waals surface area contributed by atoms with Gasteiger partial charge in [-0.15, -0.1) is 0 Å². The number of hydrogen-bond acceptors (Lipinski definition) is 5. The van der Waals surface area contributed by atoms with Crippen LogP contribution in [0.3, 0.4) is 0 Å². The molecule has 1 N–H and O–H groups in total. The molecule has 0 saturated heterocycles. The van der Waals surface area contributed by atoms with E-state index in [0.29, 0.717) is 29.6 Å². The minimum atomic E-state index is -0.628. The Morgan fingerprint density at radius 1 is 1.13 bits per heavy atom. The van der Waals surface area contributed by atoms with E-state index in [-0.39, 0.29) is 29.9 Å². The number of likely N-dealkylation sites (N-methyl/N-ethyl adjacent to an activating group) is 1. The van der Waals surface area contributed by atoms with E-state index in [0.717, 1.165) is 12.8 Å². The molecule has 0 heterocycles. The van der Waals surface area contributed by atoms with Crippen LogP contribution in [0.25, 0.3) is 0 Å². The van der Waals surface area contributed by atoms with Gasteiger partial charge in [-0.05, 0) is 55.3 Å². The summed E-state index contributed by atoms with van der Waals surface area (Å²) in [5, 5.41) is 3.40. The lowest BCUT2D eigenvalue weighted by molar-refractivity contribution is -0.133. The summed E-state index contributed by atoms with van der Waals surface area (Å²) in [6.07, 6.45) is 1.79. The Kier molecular flexibility index (Phi) is 7.30. The second-order valence-electron chi connectivity index (χ2n) is 7.04. The van der Waals surface area contributed by atoms with Crippen LogP contribution in [0.1, 0.15) is 23.2 Å². The summed E-state index contributed by atoms with van der Waals surface area (Å²) in [6, 6.07) is 13.4. The third kappa shape index (κ3) is 6.49. The van der Waals surface area contributed by atoms with Crippen molar-refractivity contribution in [2.75, 3.05) is 32.1 Å². The molecule has 2 aromatic carbocycles. The maximum absolute atomic E-state index is 12.2. The molecule has 0 radical (unpaired) electrons. The van der Waals surface area contributed by atoms with E-state index in [2.05, 4.69) is 5.32 Å². The van der Waals surface area contributed by atoms with Crippen molar-refractivity contribution in [2.45, 2.75) is 12.8 Å². The van der Waals surface area contributed by atoms with Crippen LogP contribution in [0.5, 0.6) is 5.75 Å². The maximum atomic E-state index is 12.2. The Labute approximate surface area is 179 Å².